The van der Waals surface area contributed by atoms with Gasteiger partial charge in [-0.05, 0) is 13.0 Å². The molecule has 0 radical (unpaired) electrons. The van der Waals surface area contributed by atoms with Gasteiger partial charge in [0.2, 0.25) is 5.95 Å². The van der Waals surface area contributed by atoms with E-state index >= 15 is 0 Å². The average molecular weight is 279 g/mol. The number of aliphatic hydroxyl groups excluding tert-OH is 2. The number of aliphatic hydroxyl groups is 2. The molecule has 3 atom stereocenters. The Kier molecular flexibility index (Phi) is 2.82. The van der Waals surface area contributed by atoms with Gasteiger partial charge in [-0.2, -0.15) is 9.97 Å². The highest BCUT2D eigenvalue weighted by Gasteiger charge is 2.45. The maximum absolute atomic E-state index is 10.0. The van der Waals surface area contributed by atoms with Crippen LogP contribution < -0.4 is 11.5 Å². The molecule has 0 spiro atoms. The Hall–Kier alpha value is -1.90. The van der Waals surface area contributed by atoms with Crippen molar-refractivity contribution in [3.63, 3.8) is 0 Å². The lowest BCUT2D eigenvalue weighted by Crippen LogP contribution is -2.39. The Bertz CT molecular complexity index is 658. The molecule has 0 amide bonds. The van der Waals surface area contributed by atoms with Crippen molar-refractivity contribution in [1.82, 2.24) is 14.5 Å². The fourth-order valence-corrected chi connectivity index (χ4v) is 2.50. The first-order chi connectivity index (χ1) is 9.44. The summed E-state index contributed by atoms with van der Waals surface area (Å²) in [6.45, 7) is 1.41. The second-order valence-electron chi connectivity index (χ2n) is 5.22. The van der Waals surface area contributed by atoms with Crippen molar-refractivity contribution in [2.45, 2.75) is 31.3 Å². The number of rotatable bonds is 2. The SMILES string of the molecule is CC1(CO)OC(n2ccc3c(N)nc(N)nc32)CC1O. The molecule has 0 aromatic carbocycles. The molecule has 1 aliphatic heterocycles. The van der Waals surface area contributed by atoms with Crippen molar-refractivity contribution >= 4 is 22.8 Å². The van der Waals surface area contributed by atoms with Gasteiger partial charge in [0, 0.05) is 12.6 Å². The van der Waals surface area contributed by atoms with Crippen LogP contribution in [0.15, 0.2) is 12.3 Å². The molecule has 1 saturated heterocycles. The second-order valence-corrected chi connectivity index (χ2v) is 5.22. The maximum atomic E-state index is 10.0. The van der Waals surface area contributed by atoms with Crippen molar-refractivity contribution in [1.29, 1.82) is 0 Å². The zero-order chi connectivity index (χ0) is 14.5. The van der Waals surface area contributed by atoms with E-state index in [1.165, 1.54) is 0 Å². The number of aromatic nitrogens is 3. The van der Waals surface area contributed by atoms with Gasteiger partial charge in [0.05, 0.1) is 18.1 Å². The van der Waals surface area contributed by atoms with E-state index in [0.717, 1.165) is 0 Å². The van der Waals surface area contributed by atoms with Gasteiger partial charge in [-0.25, -0.2) is 0 Å². The van der Waals surface area contributed by atoms with Crippen LogP contribution in [0.4, 0.5) is 11.8 Å². The van der Waals surface area contributed by atoms with Crippen molar-refractivity contribution in [3.8, 4) is 0 Å². The highest BCUT2D eigenvalue weighted by atomic mass is 16.6. The van der Waals surface area contributed by atoms with Crippen LogP contribution >= 0.6 is 0 Å². The summed E-state index contributed by atoms with van der Waals surface area (Å²) in [7, 11) is 0. The highest BCUT2D eigenvalue weighted by molar-refractivity contribution is 5.87. The molecule has 108 valence electrons. The Morgan fingerprint density at radius 3 is 2.90 bits per heavy atom. The molecule has 0 aliphatic carbocycles. The van der Waals surface area contributed by atoms with Crippen molar-refractivity contribution in [3.05, 3.63) is 12.3 Å². The third kappa shape index (κ3) is 1.80. The topological polar surface area (TPSA) is 132 Å². The zero-order valence-electron chi connectivity index (χ0n) is 11.0. The number of nitrogens with two attached hydrogens (primary N) is 2. The number of fused-ring (bicyclic) bond motifs is 1. The second kappa shape index (κ2) is 4.30. The van der Waals surface area contributed by atoms with E-state index in [-0.39, 0.29) is 12.6 Å². The van der Waals surface area contributed by atoms with Gasteiger partial charge < -0.3 is 31.0 Å². The molecule has 3 unspecified atom stereocenters. The Labute approximate surface area is 115 Å². The number of nitrogens with zero attached hydrogens (tertiary/aromatic N) is 3. The first kappa shape index (κ1) is 13.1. The average Bonchev–Trinajstić information content (AvgIpc) is 2.92. The van der Waals surface area contributed by atoms with E-state index < -0.39 is 17.9 Å². The lowest BCUT2D eigenvalue weighted by molar-refractivity contribution is -0.114. The van der Waals surface area contributed by atoms with E-state index in [1.54, 1.807) is 23.8 Å². The van der Waals surface area contributed by atoms with E-state index in [0.29, 0.717) is 23.3 Å². The standard InChI is InChI=1S/C12H17N5O3/c1-12(5-18)7(19)4-8(20-12)17-3-2-6-9(13)15-11(14)16-10(6)17/h2-3,7-8,18-19H,4-5H2,1H3,(H4,13,14,15,16). The third-order valence-electron chi connectivity index (χ3n) is 3.78. The molecule has 1 aliphatic rings. The number of anilines is 2. The lowest BCUT2D eigenvalue weighted by Gasteiger charge is -2.25. The minimum absolute atomic E-state index is 0.0819. The predicted octanol–water partition coefficient (Wildman–Crippen LogP) is -0.374. The van der Waals surface area contributed by atoms with Gasteiger partial charge in [-0.3, -0.25) is 0 Å². The number of hydrogen-bond donors (Lipinski definition) is 4. The Morgan fingerprint density at radius 1 is 1.50 bits per heavy atom. The fourth-order valence-electron chi connectivity index (χ4n) is 2.50. The normalized spacial score (nSPS) is 30.1. The van der Waals surface area contributed by atoms with Crippen LogP contribution in [0.2, 0.25) is 0 Å². The number of hydrogen-bond acceptors (Lipinski definition) is 7. The van der Waals surface area contributed by atoms with Crippen LogP contribution in [-0.2, 0) is 4.74 Å². The van der Waals surface area contributed by atoms with Crippen LogP contribution in [0, 0.1) is 0 Å². The summed E-state index contributed by atoms with van der Waals surface area (Å²) < 4.78 is 7.51. The molecule has 8 heteroatoms. The quantitative estimate of drug-likeness (QED) is 0.589. The van der Waals surface area contributed by atoms with Gasteiger partial charge in [0.25, 0.3) is 0 Å². The van der Waals surface area contributed by atoms with Crippen molar-refractivity contribution in [2.24, 2.45) is 0 Å². The number of nitrogen functional groups attached to an aromatic ring is 2. The smallest absolute Gasteiger partial charge is 0.223 e. The van der Waals surface area contributed by atoms with Crippen molar-refractivity contribution in [2.75, 3.05) is 18.1 Å². The van der Waals surface area contributed by atoms with Crippen LogP contribution in [0.3, 0.4) is 0 Å². The van der Waals surface area contributed by atoms with E-state index in [1.807, 2.05) is 0 Å². The monoisotopic (exact) mass is 279 g/mol. The highest BCUT2D eigenvalue weighted by Crippen LogP contribution is 2.38. The zero-order valence-corrected chi connectivity index (χ0v) is 11.0. The Morgan fingerprint density at radius 2 is 2.25 bits per heavy atom. The minimum atomic E-state index is -0.981. The molecule has 20 heavy (non-hydrogen) atoms. The maximum Gasteiger partial charge on any atom is 0.223 e. The van der Waals surface area contributed by atoms with Gasteiger partial charge in [0.1, 0.15) is 23.3 Å². The summed E-state index contributed by atoms with van der Waals surface area (Å²) in [4.78, 5) is 8.07. The molecule has 1 fully saturated rings. The van der Waals surface area contributed by atoms with Crippen molar-refractivity contribution < 1.29 is 14.9 Å². The fraction of sp³-hybridized carbons (Fsp3) is 0.500. The van der Waals surface area contributed by atoms with Gasteiger partial charge >= 0.3 is 0 Å². The van der Waals surface area contributed by atoms with Gasteiger partial charge in [-0.1, -0.05) is 0 Å². The molecule has 0 saturated carbocycles. The summed E-state index contributed by atoms with van der Waals surface area (Å²) in [5.41, 5.74) is 11.0. The molecule has 3 rings (SSSR count). The summed E-state index contributed by atoms with van der Waals surface area (Å²) in [5, 5.41) is 20.0. The summed E-state index contributed by atoms with van der Waals surface area (Å²) in [6, 6.07) is 1.77. The number of ether oxygens (including phenoxy) is 1. The lowest BCUT2D eigenvalue weighted by atomic mass is 10.0. The molecule has 0 bridgehead atoms. The predicted molar refractivity (Wildman–Crippen MR) is 72.6 cm³/mol. The molecule has 2 aromatic rings. The largest absolute Gasteiger partial charge is 0.393 e. The summed E-state index contributed by atoms with van der Waals surface area (Å²) in [5.74, 6) is 0.383. The van der Waals surface area contributed by atoms with Gasteiger partial charge in [0.15, 0.2) is 0 Å². The van der Waals surface area contributed by atoms with E-state index in [4.69, 9.17) is 16.2 Å². The minimum Gasteiger partial charge on any atom is -0.393 e. The van der Waals surface area contributed by atoms with Crippen LogP contribution in [0.5, 0.6) is 0 Å². The molecular weight excluding hydrogens is 262 g/mol. The van der Waals surface area contributed by atoms with Crippen LogP contribution in [0.1, 0.15) is 19.6 Å². The molecule has 3 heterocycles. The molecule has 2 aromatic heterocycles. The molecule has 8 nitrogen and oxygen atoms in total. The first-order valence-corrected chi connectivity index (χ1v) is 6.31. The first-order valence-electron chi connectivity index (χ1n) is 6.31. The molecule has 6 N–H and O–H groups in total. The summed E-state index contributed by atoms with van der Waals surface area (Å²) in [6.07, 6.45) is 0.917. The van der Waals surface area contributed by atoms with Gasteiger partial charge in [-0.15, -0.1) is 0 Å². The van der Waals surface area contributed by atoms with E-state index in [2.05, 4.69) is 9.97 Å². The molecular formula is C12H17N5O3. The Balaban J connectivity index is 2.04. The van der Waals surface area contributed by atoms with E-state index in [9.17, 15) is 10.2 Å². The third-order valence-corrected chi connectivity index (χ3v) is 3.78. The van der Waals surface area contributed by atoms with Crippen LogP contribution in [0.25, 0.3) is 11.0 Å². The van der Waals surface area contributed by atoms with Crippen LogP contribution in [-0.4, -0.2) is 43.1 Å². The summed E-state index contributed by atoms with van der Waals surface area (Å²) >= 11 is 0.